The number of aromatic nitrogens is 7. The zero-order chi connectivity index (χ0) is 20.1. The predicted octanol–water partition coefficient (Wildman–Crippen LogP) is 1.39. The molecule has 1 aliphatic heterocycles. The van der Waals surface area contributed by atoms with Crippen LogP contribution in [-0.2, 0) is 9.59 Å². The molecule has 1 atom stereocenters. The third kappa shape index (κ3) is 2.68. The number of nitrogens with zero attached hydrogens (tertiary/aromatic N) is 7. The van der Waals surface area contributed by atoms with E-state index >= 15 is 0 Å². The number of rotatable bonds is 3. The zero-order valence-electron chi connectivity index (χ0n) is 15.4. The fraction of sp³-hybridized carbons (Fsp3) is 0.235. The van der Waals surface area contributed by atoms with E-state index in [2.05, 4.69) is 35.3 Å². The van der Waals surface area contributed by atoms with Crippen LogP contribution in [0.4, 0.5) is 10.9 Å². The van der Waals surface area contributed by atoms with Gasteiger partial charge in [0, 0.05) is 30.6 Å². The lowest BCUT2D eigenvalue weighted by atomic mass is 9.91. The van der Waals surface area contributed by atoms with E-state index in [9.17, 15) is 9.59 Å². The molecule has 0 fully saturated rings. The Morgan fingerprint density at radius 1 is 1.31 bits per heavy atom. The minimum Gasteiger partial charge on any atom is -0.340 e. The number of hydrogen-bond acceptors (Lipinski definition) is 8. The van der Waals surface area contributed by atoms with Gasteiger partial charge in [0.1, 0.15) is 17.7 Å². The van der Waals surface area contributed by atoms with Gasteiger partial charge in [-0.05, 0) is 6.92 Å². The largest absolute Gasteiger partial charge is 0.340 e. The Bertz CT molecular complexity index is 1240. The number of aryl methyl sites for hydroxylation is 1. The SMILES string of the molecule is Cc1nn(-c2ncnc3nc[nH]c23)c2c1C(C(=O)N(C)c1nccs1)CC(=O)N2. The Hall–Kier alpha value is -3.67. The topological polar surface area (TPSA) is 135 Å². The lowest BCUT2D eigenvalue weighted by Crippen LogP contribution is -2.36. The molecule has 11 nitrogen and oxygen atoms in total. The number of H-pyrrole nitrogens is 1. The first kappa shape index (κ1) is 17.4. The maximum atomic E-state index is 13.2. The fourth-order valence-electron chi connectivity index (χ4n) is 3.53. The van der Waals surface area contributed by atoms with Crippen LogP contribution in [0.3, 0.4) is 0 Å². The lowest BCUT2D eigenvalue weighted by Gasteiger charge is -2.26. The molecule has 1 aliphatic rings. The summed E-state index contributed by atoms with van der Waals surface area (Å²) in [5.41, 5.74) is 2.37. The van der Waals surface area contributed by atoms with Crippen LogP contribution >= 0.6 is 11.3 Å². The van der Waals surface area contributed by atoms with E-state index in [1.54, 1.807) is 18.6 Å². The monoisotopic (exact) mass is 409 g/mol. The number of hydrogen-bond donors (Lipinski definition) is 2. The predicted molar refractivity (Wildman–Crippen MR) is 105 cm³/mol. The van der Waals surface area contributed by atoms with Crippen LogP contribution in [0.1, 0.15) is 23.6 Å². The molecule has 5 rings (SSSR count). The Morgan fingerprint density at radius 2 is 2.17 bits per heavy atom. The number of fused-ring (bicyclic) bond motifs is 2. The number of anilines is 2. The molecular formula is C17H15N9O2S. The molecule has 0 saturated carbocycles. The van der Waals surface area contributed by atoms with Crippen molar-refractivity contribution in [1.82, 2.24) is 34.7 Å². The number of carbonyl (C=O) groups excluding carboxylic acids is 2. The summed E-state index contributed by atoms with van der Waals surface area (Å²) in [6.45, 7) is 1.81. The molecule has 29 heavy (non-hydrogen) atoms. The molecule has 2 N–H and O–H groups in total. The normalized spacial score (nSPS) is 15.9. The fourth-order valence-corrected chi connectivity index (χ4v) is 4.15. The number of aromatic amines is 1. The molecule has 146 valence electrons. The van der Waals surface area contributed by atoms with Gasteiger partial charge in [-0.1, -0.05) is 0 Å². The number of likely N-dealkylation sites (N-methyl/N-ethyl adjacent to an activating group) is 1. The van der Waals surface area contributed by atoms with Crippen molar-refractivity contribution in [3.05, 3.63) is 35.5 Å². The van der Waals surface area contributed by atoms with Crippen molar-refractivity contribution in [2.75, 3.05) is 17.3 Å². The van der Waals surface area contributed by atoms with E-state index in [0.717, 1.165) is 0 Å². The van der Waals surface area contributed by atoms with Gasteiger partial charge in [0.2, 0.25) is 11.8 Å². The first-order chi connectivity index (χ1) is 14.0. The molecule has 2 amide bonds. The van der Waals surface area contributed by atoms with E-state index in [4.69, 9.17) is 0 Å². The van der Waals surface area contributed by atoms with E-state index < -0.39 is 5.92 Å². The van der Waals surface area contributed by atoms with E-state index in [1.807, 2.05) is 6.92 Å². The van der Waals surface area contributed by atoms with Crippen molar-refractivity contribution < 1.29 is 9.59 Å². The minimum absolute atomic E-state index is 0.0390. The van der Waals surface area contributed by atoms with Gasteiger partial charge in [-0.25, -0.2) is 19.9 Å². The second kappa shape index (κ2) is 6.44. The molecule has 0 aromatic carbocycles. The van der Waals surface area contributed by atoms with Gasteiger partial charge in [-0.15, -0.1) is 11.3 Å². The Morgan fingerprint density at radius 3 is 2.97 bits per heavy atom. The van der Waals surface area contributed by atoms with Crippen LogP contribution in [0.15, 0.2) is 24.2 Å². The standard InChI is InChI=1S/C17H15N9O2S/c1-8-11-9(16(28)25(2)17-18-3-4-29-17)5-10(27)23-14(11)26(24-8)15-12-13(20-6-19-12)21-7-22-15/h3-4,6-7,9H,5H2,1-2H3,(H,23,27)(H,19,20,21,22). The summed E-state index contributed by atoms with van der Waals surface area (Å²) in [6, 6.07) is 0. The lowest BCUT2D eigenvalue weighted by molar-refractivity contribution is -0.124. The summed E-state index contributed by atoms with van der Waals surface area (Å²) in [5, 5.41) is 9.78. The van der Waals surface area contributed by atoms with E-state index in [0.29, 0.717) is 39.2 Å². The molecule has 0 aliphatic carbocycles. The summed E-state index contributed by atoms with van der Waals surface area (Å²) in [6.07, 6.45) is 4.57. The maximum absolute atomic E-state index is 13.2. The number of nitrogens with one attached hydrogen (secondary N) is 2. The third-order valence-electron chi connectivity index (χ3n) is 4.84. The van der Waals surface area contributed by atoms with Gasteiger partial charge in [0.25, 0.3) is 0 Å². The molecule has 0 radical (unpaired) electrons. The second-order valence-corrected chi connectivity index (χ2v) is 7.45. The van der Waals surface area contributed by atoms with Gasteiger partial charge in [0.15, 0.2) is 16.6 Å². The smallest absolute Gasteiger partial charge is 0.236 e. The van der Waals surface area contributed by atoms with Crippen molar-refractivity contribution in [2.45, 2.75) is 19.3 Å². The van der Waals surface area contributed by atoms with Crippen molar-refractivity contribution in [1.29, 1.82) is 0 Å². The van der Waals surface area contributed by atoms with Gasteiger partial charge >= 0.3 is 0 Å². The molecule has 1 unspecified atom stereocenters. The number of carbonyl (C=O) groups is 2. The molecule has 0 bridgehead atoms. The molecule has 0 saturated heterocycles. The van der Waals surface area contributed by atoms with Crippen LogP contribution in [-0.4, -0.2) is 53.6 Å². The summed E-state index contributed by atoms with van der Waals surface area (Å²) < 4.78 is 1.52. The summed E-state index contributed by atoms with van der Waals surface area (Å²) in [7, 11) is 1.66. The Kier molecular flexibility index (Phi) is 3.87. The van der Waals surface area contributed by atoms with Crippen molar-refractivity contribution in [2.24, 2.45) is 0 Å². The molecule has 4 aromatic heterocycles. The number of imidazole rings is 1. The van der Waals surface area contributed by atoms with E-state index in [1.165, 1.54) is 33.6 Å². The van der Waals surface area contributed by atoms with Crippen molar-refractivity contribution >= 4 is 45.3 Å². The summed E-state index contributed by atoms with van der Waals surface area (Å²) in [4.78, 5) is 46.9. The van der Waals surface area contributed by atoms with Crippen LogP contribution in [0, 0.1) is 6.92 Å². The number of thiazole rings is 1. The van der Waals surface area contributed by atoms with Gasteiger partial charge in [0.05, 0.1) is 17.9 Å². The van der Waals surface area contributed by atoms with Crippen LogP contribution in [0.2, 0.25) is 0 Å². The van der Waals surface area contributed by atoms with Crippen LogP contribution in [0.25, 0.3) is 17.0 Å². The highest BCUT2D eigenvalue weighted by Crippen LogP contribution is 2.38. The average molecular weight is 409 g/mol. The molecule has 12 heteroatoms. The maximum Gasteiger partial charge on any atom is 0.236 e. The summed E-state index contributed by atoms with van der Waals surface area (Å²) >= 11 is 1.36. The average Bonchev–Trinajstić information content (AvgIpc) is 3.46. The molecule has 4 aromatic rings. The first-order valence-electron chi connectivity index (χ1n) is 8.75. The molecule has 5 heterocycles. The van der Waals surface area contributed by atoms with Gasteiger partial charge < -0.3 is 10.3 Å². The zero-order valence-corrected chi connectivity index (χ0v) is 16.3. The van der Waals surface area contributed by atoms with Crippen LogP contribution < -0.4 is 10.2 Å². The highest BCUT2D eigenvalue weighted by atomic mass is 32.1. The minimum atomic E-state index is -0.666. The highest BCUT2D eigenvalue weighted by molar-refractivity contribution is 7.13. The number of amides is 2. The van der Waals surface area contributed by atoms with E-state index in [-0.39, 0.29) is 18.2 Å². The third-order valence-corrected chi connectivity index (χ3v) is 5.69. The quantitative estimate of drug-likeness (QED) is 0.522. The van der Waals surface area contributed by atoms with Gasteiger partial charge in [-0.3, -0.25) is 14.5 Å². The molecular weight excluding hydrogens is 394 g/mol. The Labute approximate surface area is 167 Å². The highest BCUT2D eigenvalue weighted by Gasteiger charge is 2.38. The second-order valence-electron chi connectivity index (χ2n) is 6.57. The van der Waals surface area contributed by atoms with Crippen LogP contribution in [0.5, 0.6) is 0 Å². The Balaban J connectivity index is 1.63. The molecule has 0 spiro atoms. The first-order valence-corrected chi connectivity index (χ1v) is 9.63. The summed E-state index contributed by atoms with van der Waals surface area (Å²) in [5.74, 6) is -0.272. The van der Waals surface area contributed by atoms with Crippen molar-refractivity contribution in [3.63, 3.8) is 0 Å². The van der Waals surface area contributed by atoms with Crippen molar-refractivity contribution in [3.8, 4) is 5.82 Å². The van der Waals surface area contributed by atoms with Gasteiger partial charge in [-0.2, -0.15) is 9.78 Å².